The lowest BCUT2D eigenvalue weighted by atomic mass is 10.1. The largest absolute Gasteiger partial charge is 0.494 e. The SMILES string of the molecule is CCOc1ccc(/C=C2\SC(=O)N(c3ccccc3Cl)C2=O)c(OCC)c1. The summed E-state index contributed by atoms with van der Waals surface area (Å²) in [5, 5.41) is -0.0413. The highest BCUT2D eigenvalue weighted by Crippen LogP contribution is 2.39. The number of anilines is 1. The van der Waals surface area contributed by atoms with Crippen LogP contribution in [0.25, 0.3) is 6.08 Å². The minimum absolute atomic E-state index is 0.310. The molecule has 1 fully saturated rings. The van der Waals surface area contributed by atoms with Gasteiger partial charge < -0.3 is 9.47 Å². The van der Waals surface area contributed by atoms with Crippen LogP contribution in [0, 0.1) is 0 Å². The van der Waals surface area contributed by atoms with Crippen molar-refractivity contribution in [2.45, 2.75) is 13.8 Å². The molecule has 7 heteroatoms. The molecule has 1 aliphatic heterocycles. The fourth-order valence-electron chi connectivity index (χ4n) is 2.62. The van der Waals surface area contributed by atoms with Gasteiger partial charge in [0.15, 0.2) is 0 Å². The van der Waals surface area contributed by atoms with Crippen LogP contribution in [0.2, 0.25) is 5.02 Å². The van der Waals surface area contributed by atoms with E-state index in [1.807, 2.05) is 13.8 Å². The quantitative estimate of drug-likeness (QED) is 0.606. The van der Waals surface area contributed by atoms with E-state index in [2.05, 4.69) is 0 Å². The van der Waals surface area contributed by atoms with E-state index in [9.17, 15) is 9.59 Å². The monoisotopic (exact) mass is 403 g/mol. The van der Waals surface area contributed by atoms with Crippen molar-refractivity contribution in [1.29, 1.82) is 0 Å². The molecule has 27 heavy (non-hydrogen) atoms. The Hall–Kier alpha value is -2.44. The summed E-state index contributed by atoms with van der Waals surface area (Å²) in [5.74, 6) is 0.865. The van der Waals surface area contributed by atoms with E-state index in [0.717, 1.165) is 16.7 Å². The fraction of sp³-hybridized carbons (Fsp3) is 0.200. The molecule has 0 radical (unpaired) electrons. The number of imide groups is 1. The lowest BCUT2D eigenvalue weighted by Crippen LogP contribution is -2.27. The molecule has 2 amide bonds. The zero-order valence-electron chi connectivity index (χ0n) is 14.9. The molecule has 140 valence electrons. The van der Waals surface area contributed by atoms with Crippen molar-refractivity contribution in [3.63, 3.8) is 0 Å². The average molecular weight is 404 g/mol. The minimum Gasteiger partial charge on any atom is -0.494 e. The van der Waals surface area contributed by atoms with Gasteiger partial charge in [-0.25, -0.2) is 4.90 Å². The van der Waals surface area contributed by atoms with Crippen LogP contribution in [0.15, 0.2) is 47.4 Å². The maximum Gasteiger partial charge on any atom is 0.298 e. The third-order valence-corrected chi connectivity index (χ3v) is 4.96. The standard InChI is InChI=1S/C20H18ClNO4S/c1-3-25-14-10-9-13(17(12-14)26-4-2)11-18-19(23)22(20(24)27-18)16-8-6-5-7-15(16)21/h5-12H,3-4H2,1-2H3/b18-11-. The Kier molecular flexibility index (Phi) is 6.08. The molecule has 0 saturated carbocycles. The Morgan fingerprint density at radius 1 is 1.07 bits per heavy atom. The van der Waals surface area contributed by atoms with Crippen LogP contribution in [0.3, 0.4) is 0 Å². The molecule has 0 aromatic heterocycles. The van der Waals surface area contributed by atoms with Gasteiger partial charge in [-0.15, -0.1) is 0 Å². The molecule has 2 aromatic carbocycles. The Bertz CT molecular complexity index is 913. The zero-order chi connectivity index (χ0) is 19.4. The number of hydrogen-bond acceptors (Lipinski definition) is 5. The average Bonchev–Trinajstić information content (AvgIpc) is 2.92. The molecule has 0 spiro atoms. The van der Waals surface area contributed by atoms with Gasteiger partial charge in [-0.2, -0.15) is 0 Å². The highest BCUT2D eigenvalue weighted by Gasteiger charge is 2.37. The normalized spacial score (nSPS) is 15.5. The number of para-hydroxylation sites is 1. The summed E-state index contributed by atoms with van der Waals surface area (Å²) in [5.41, 5.74) is 1.08. The molecule has 2 aromatic rings. The van der Waals surface area contributed by atoms with E-state index in [4.69, 9.17) is 21.1 Å². The van der Waals surface area contributed by atoms with Crippen molar-refractivity contribution in [3.05, 3.63) is 58.0 Å². The first-order chi connectivity index (χ1) is 13.0. The lowest BCUT2D eigenvalue weighted by molar-refractivity contribution is -0.113. The van der Waals surface area contributed by atoms with Gasteiger partial charge in [0.05, 0.1) is 28.8 Å². The second-order valence-electron chi connectivity index (χ2n) is 5.53. The number of amides is 2. The van der Waals surface area contributed by atoms with Crippen molar-refractivity contribution < 1.29 is 19.1 Å². The minimum atomic E-state index is -0.408. The first kappa shape index (κ1) is 19.3. The molecular weight excluding hydrogens is 386 g/mol. The second-order valence-corrected chi connectivity index (χ2v) is 6.93. The van der Waals surface area contributed by atoms with E-state index in [1.165, 1.54) is 0 Å². The van der Waals surface area contributed by atoms with Gasteiger partial charge >= 0.3 is 0 Å². The molecule has 1 aliphatic rings. The number of ether oxygens (including phenoxy) is 2. The maximum absolute atomic E-state index is 12.8. The van der Waals surface area contributed by atoms with Gasteiger partial charge in [0, 0.05) is 11.6 Å². The van der Waals surface area contributed by atoms with Crippen molar-refractivity contribution in [1.82, 2.24) is 0 Å². The summed E-state index contributed by atoms with van der Waals surface area (Å²) in [6, 6.07) is 12.1. The molecular formula is C20H18ClNO4S. The Balaban J connectivity index is 1.95. The predicted molar refractivity (Wildman–Crippen MR) is 109 cm³/mol. The van der Waals surface area contributed by atoms with E-state index >= 15 is 0 Å². The third kappa shape index (κ3) is 4.12. The van der Waals surface area contributed by atoms with Gasteiger partial charge in [-0.1, -0.05) is 23.7 Å². The number of rotatable bonds is 6. The second kappa shape index (κ2) is 8.50. The molecule has 0 N–H and O–H groups in total. The molecule has 0 unspecified atom stereocenters. The molecule has 3 rings (SSSR count). The number of carbonyl (C=O) groups is 2. The fourth-order valence-corrected chi connectivity index (χ4v) is 3.67. The molecule has 0 atom stereocenters. The molecule has 1 saturated heterocycles. The number of benzene rings is 2. The summed E-state index contributed by atoms with van der Waals surface area (Å²) < 4.78 is 11.2. The number of thioether (sulfide) groups is 1. The van der Waals surface area contributed by atoms with Gasteiger partial charge in [-0.05, 0) is 56.0 Å². The first-order valence-electron chi connectivity index (χ1n) is 8.47. The molecule has 1 heterocycles. The van der Waals surface area contributed by atoms with Gasteiger partial charge in [0.25, 0.3) is 11.1 Å². The summed E-state index contributed by atoms with van der Waals surface area (Å²) in [6.45, 7) is 4.79. The zero-order valence-corrected chi connectivity index (χ0v) is 16.5. The summed E-state index contributed by atoms with van der Waals surface area (Å²) in [6.07, 6.45) is 1.66. The Morgan fingerprint density at radius 2 is 1.81 bits per heavy atom. The van der Waals surface area contributed by atoms with Crippen LogP contribution in [-0.4, -0.2) is 24.4 Å². The van der Waals surface area contributed by atoms with Gasteiger partial charge in [-0.3, -0.25) is 9.59 Å². The van der Waals surface area contributed by atoms with Crippen molar-refractivity contribution >= 4 is 46.3 Å². The highest BCUT2D eigenvalue weighted by atomic mass is 35.5. The van der Waals surface area contributed by atoms with E-state index < -0.39 is 5.91 Å². The molecule has 0 aliphatic carbocycles. The highest BCUT2D eigenvalue weighted by molar-refractivity contribution is 8.19. The number of hydrogen-bond donors (Lipinski definition) is 0. The first-order valence-corrected chi connectivity index (χ1v) is 9.66. The van der Waals surface area contributed by atoms with E-state index in [1.54, 1.807) is 48.5 Å². The van der Waals surface area contributed by atoms with Gasteiger partial charge in [0.2, 0.25) is 0 Å². The number of nitrogens with zero attached hydrogens (tertiary/aromatic N) is 1. The predicted octanol–water partition coefficient (Wildman–Crippen LogP) is 5.38. The van der Waals surface area contributed by atoms with E-state index in [0.29, 0.717) is 45.9 Å². The van der Waals surface area contributed by atoms with Crippen LogP contribution in [0.4, 0.5) is 10.5 Å². The topological polar surface area (TPSA) is 55.8 Å². The van der Waals surface area contributed by atoms with Crippen LogP contribution >= 0.6 is 23.4 Å². The molecule has 5 nitrogen and oxygen atoms in total. The smallest absolute Gasteiger partial charge is 0.298 e. The van der Waals surface area contributed by atoms with Crippen molar-refractivity contribution in [2.24, 2.45) is 0 Å². The lowest BCUT2D eigenvalue weighted by Gasteiger charge is -2.14. The van der Waals surface area contributed by atoms with Crippen LogP contribution < -0.4 is 14.4 Å². The van der Waals surface area contributed by atoms with Crippen molar-refractivity contribution in [3.8, 4) is 11.5 Å². The molecule has 0 bridgehead atoms. The summed E-state index contributed by atoms with van der Waals surface area (Å²) in [4.78, 5) is 26.6. The third-order valence-electron chi connectivity index (χ3n) is 3.77. The Labute approximate surface area is 166 Å². The number of carbonyl (C=O) groups excluding carboxylic acids is 2. The summed E-state index contributed by atoms with van der Waals surface area (Å²) >= 11 is 7.02. The van der Waals surface area contributed by atoms with Crippen LogP contribution in [0.5, 0.6) is 11.5 Å². The van der Waals surface area contributed by atoms with Crippen LogP contribution in [-0.2, 0) is 4.79 Å². The summed E-state index contributed by atoms with van der Waals surface area (Å²) in [7, 11) is 0. The van der Waals surface area contributed by atoms with Crippen LogP contribution in [0.1, 0.15) is 19.4 Å². The Morgan fingerprint density at radius 3 is 2.52 bits per heavy atom. The van der Waals surface area contributed by atoms with Gasteiger partial charge in [0.1, 0.15) is 11.5 Å². The van der Waals surface area contributed by atoms with E-state index in [-0.39, 0.29) is 5.24 Å². The van der Waals surface area contributed by atoms with Crippen molar-refractivity contribution in [2.75, 3.05) is 18.1 Å². The maximum atomic E-state index is 12.8. The number of halogens is 1.